The van der Waals surface area contributed by atoms with E-state index in [1.165, 1.54) is 6.08 Å². The van der Waals surface area contributed by atoms with Crippen molar-refractivity contribution in [2.75, 3.05) is 0 Å². The normalized spacial score (nSPS) is 17.6. The molecule has 0 bridgehead atoms. The second-order valence-corrected chi connectivity index (χ2v) is 2.88. The van der Waals surface area contributed by atoms with Crippen molar-refractivity contribution in [2.24, 2.45) is 4.51 Å². The molecule has 0 fully saturated rings. The number of hydrogen-bond acceptors (Lipinski definition) is 2. The van der Waals surface area contributed by atoms with Crippen molar-refractivity contribution in [2.45, 2.75) is 0 Å². The van der Waals surface area contributed by atoms with Gasteiger partial charge in [0, 0.05) is 22.9 Å². The largest absolute Gasteiger partial charge is 0.289 e. The fourth-order valence-electron chi connectivity index (χ4n) is 1.33. The van der Waals surface area contributed by atoms with Crippen molar-refractivity contribution in [3.05, 3.63) is 47.5 Å². The first kappa shape index (κ1) is 8.20. The maximum absolute atomic E-state index is 11.4. The van der Waals surface area contributed by atoms with Crippen LogP contribution in [0.2, 0.25) is 0 Å². The monoisotopic (exact) mass is 191 g/mol. The summed E-state index contributed by atoms with van der Waals surface area (Å²) < 4.78 is 3.57. The van der Waals surface area contributed by atoms with Gasteiger partial charge in [0.15, 0.2) is 5.78 Å². The quantitative estimate of drug-likeness (QED) is 0.619. The average Bonchev–Trinajstić information content (AvgIpc) is 2.19. The Bertz CT molecular complexity index is 421. The highest BCUT2D eigenvalue weighted by Crippen LogP contribution is 2.17. The Hall–Kier alpha value is -1.41. The van der Waals surface area contributed by atoms with Crippen LogP contribution in [0.4, 0.5) is 0 Å². The molecular formula is C10H6ClNO. The van der Waals surface area contributed by atoms with Gasteiger partial charge in [0.25, 0.3) is 0 Å². The van der Waals surface area contributed by atoms with Gasteiger partial charge in [-0.2, -0.15) is 4.51 Å². The molecule has 2 nitrogen and oxygen atoms in total. The van der Waals surface area contributed by atoms with Gasteiger partial charge in [-0.05, 0) is 12.2 Å². The lowest BCUT2D eigenvalue weighted by atomic mass is 9.95. The first-order chi connectivity index (χ1) is 6.33. The summed E-state index contributed by atoms with van der Waals surface area (Å²) in [7, 11) is 0. The molecule has 0 N–H and O–H groups in total. The molecule has 0 heterocycles. The molecule has 1 aromatic rings. The van der Waals surface area contributed by atoms with E-state index in [0.29, 0.717) is 11.3 Å². The number of carbonyl (C=O) groups excluding carboxylic acids is 1. The number of benzene rings is 1. The van der Waals surface area contributed by atoms with Gasteiger partial charge in [-0.3, -0.25) is 4.79 Å². The maximum atomic E-state index is 11.4. The van der Waals surface area contributed by atoms with Gasteiger partial charge < -0.3 is 0 Å². The van der Waals surface area contributed by atoms with Crippen molar-refractivity contribution < 1.29 is 4.79 Å². The van der Waals surface area contributed by atoms with Gasteiger partial charge in [0.1, 0.15) is 0 Å². The lowest BCUT2D eigenvalue weighted by Crippen LogP contribution is -2.11. The molecule has 2 rings (SSSR count). The molecule has 1 aliphatic carbocycles. The van der Waals surface area contributed by atoms with Crippen molar-refractivity contribution in [3.8, 4) is 0 Å². The van der Waals surface area contributed by atoms with E-state index in [-0.39, 0.29) is 5.78 Å². The average molecular weight is 192 g/mol. The molecular weight excluding hydrogens is 186 g/mol. The number of nitrogens with zero attached hydrogens (tertiary/aromatic N) is 1. The van der Waals surface area contributed by atoms with Crippen molar-refractivity contribution in [3.63, 3.8) is 0 Å². The molecule has 64 valence electrons. The molecule has 0 aliphatic heterocycles. The van der Waals surface area contributed by atoms with E-state index in [9.17, 15) is 4.79 Å². The molecule has 1 aromatic carbocycles. The molecule has 0 radical (unpaired) electrons. The number of hydrogen-bond donors (Lipinski definition) is 0. The lowest BCUT2D eigenvalue weighted by Gasteiger charge is -2.09. The van der Waals surface area contributed by atoms with Gasteiger partial charge in [-0.15, -0.1) is 0 Å². The van der Waals surface area contributed by atoms with Crippen molar-refractivity contribution in [1.82, 2.24) is 0 Å². The van der Waals surface area contributed by atoms with E-state index in [1.54, 1.807) is 12.1 Å². The van der Waals surface area contributed by atoms with Crippen LogP contribution >= 0.6 is 11.8 Å². The van der Waals surface area contributed by atoms with E-state index in [4.69, 9.17) is 11.8 Å². The van der Waals surface area contributed by atoms with E-state index in [1.807, 2.05) is 18.2 Å². The van der Waals surface area contributed by atoms with Crippen molar-refractivity contribution >= 4 is 23.3 Å². The Morgan fingerprint density at radius 1 is 1.08 bits per heavy atom. The van der Waals surface area contributed by atoms with Crippen LogP contribution in [0.25, 0.3) is 0 Å². The van der Waals surface area contributed by atoms with Gasteiger partial charge >= 0.3 is 0 Å². The minimum atomic E-state index is -0.000309. The summed E-state index contributed by atoms with van der Waals surface area (Å²) in [4.78, 5) is 11.4. The Morgan fingerprint density at radius 3 is 2.46 bits per heavy atom. The van der Waals surface area contributed by atoms with Crippen LogP contribution in [-0.4, -0.2) is 11.5 Å². The first-order valence-corrected chi connectivity index (χ1v) is 4.17. The second kappa shape index (κ2) is 3.15. The summed E-state index contributed by atoms with van der Waals surface area (Å²) in [6.45, 7) is 0. The van der Waals surface area contributed by atoms with Crippen LogP contribution < -0.4 is 0 Å². The highest BCUT2D eigenvalue weighted by molar-refractivity contribution is 6.30. The Kier molecular flexibility index (Phi) is 1.99. The fourth-order valence-corrected chi connectivity index (χ4v) is 1.48. The van der Waals surface area contributed by atoms with Crippen LogP contribution in [-0.2, 0) is 0 Å². The molecule has 0 amide bonds. The number of allylic oxidation sites excluding steroid dienone is 2. The summed E-state index contributed by atoms with van der Waals surface area (Å²) in [5.74, 6) is -0.000309. The summed E-state index contributed by atoms with van der Waals surface area (Å²) in [6, 6.07) is 7.27. The molecule has 3 heteroatoms. The summed E-state index contributed by atoms with van der Waals surface area (Å²) in [5, 5.41) is 0. The zero-order chi connectivity index (χ0) is 9.26. The molecule has 1 aliphatic rings. The zero-order valence-corrected chi connectivity index (χ0v) is 7.45. The van der Waals surface area contributed by atoms with Gasteiger partial charge in [-0.25, -0.2) is 0 Å². The first-order valence-electron chi connectivity index (χ1n) is 3.83. The van der Waals surface area contributed by atoms with Gasteiger partial charge in [0.05, 0.1) is 5.71 Å². The molecule has 0 saturated heterocycles. The van der Waals surface area contributed by atoms with Gasteiger partial charge in [0.2, 0.25) is 0 Å². The highest BCUT2D eigenvalue weighted by atomic mass is 35.5. The zero-order valence-electron chi connectivity index (χ0n) is 6.70. The summed E-state index contributed by atoms with van der Waals surface area (Å²) in [6.07, 6.45) is 3.10. The van der Waals surface area contributed by atoms with E-state index >= 15 is 0 Å². The number of rotatable bonds is 0. The molecule has 0 aromatic heterocycles. The lowest BCUT2D eigenvalue weighted by molar-refractivity contribution is 0.104. The van der Waals surface area contributed by atoms with Gasteiger partial charge in [-0.1, -0.05) is 24.3 Å². The second-order valence-electron chi connectivity index (χ2n) is 2.71. The molecule has 0 unspecified atom stereocenters. The third kappa shape index (κ3) is 1.29. The van der Waals surface area contributed by atoms with E-state index < -0.39 is 0 Å². The van der Waals surface area contributed by atoms with E-state index in [0.717, 1.165) is 5.56 Å². The maximum Gasteiger partial charge on any atom is 0.186 e. The predicted octanol–water partition coefficient (Wildman–Crippen LogP) is 2.38. The van der Waals surface area contributed by atoms with Crippen LogP contribution in [0.1, 0.15) is 15.9 Å². The molecule has 0 atom stereocenters. The molecule has 0 saturated carbocycles. The molecule has 0 spiro atoms. The Morgan fingerprint density at radius 2 is 1.77 bits per heavy atom. The Balaban J connectivity index is 2.68. The minimum Gasteiger partial charge on any atom is -0.289 e. The predicted molar refractivity (Wildman–Crippen MR) is 52.3 cm³/mol. The van der Waals surface area contributed by atoms with E-state index in [2.05, 4.69) is 4.51 Å². The smallest absolute Gasteiger partial charge is 0.186 e. The number of fused-ring (bicyclic) bond motifs is 1. The molecule has 13 heavy (non-hydrogen) atoms. The SMILES string of the molecule is O=C1C=CC(=NCl)c2ccccc21. The number of halogens is 1. The third-order valence-corrected chi connectivity index (χ3v) is 2.13. The van der Waals surface area contributed by atoms with Crippen LogP contribution in [0.5, 0.6) is 0 Å². The standard InChI is InChI=1S/C10H6ClNO/c11-12-9-5-6-10(13)8-4-2-1-3-7(8)9/h1-6H. The topological polar surface area (TPSA) is 29.4 Å². The van der Waals surface area contributed by atoms with Crippen LogP contribution in [0.15, 0.2) is 40.9 Å². The minimum absolute atomic E-state index is 0.000309. The number of ketones is 1. The third-order valence-electron chi connectivity index (χ3n) is 1.95. The fraction of sp³-hybridized carbons (Fsp3) is 0. The number of carbonyl (C=O) groups is 1. The van der Waals surface area contributed by atoms with Crippen LogP contribution in [0, 0.1) is 0 Å². The van der Waals surface area contributed by atoms with Crippen molar-refractivity contribution in [1.29, 1.82) is 0 Å². The van der Waals surface area contributed by atoms with Crippen LogP contribution in [0.3, 0.4) is 0 Å². The summed E-state index contributed by atoms with van der Waals surface area (Å²) in [5.41, 5.74) is 2.09. The summed E-state index contributed by atoms with van der Waals surface area (Å²) >= 11 is 5.38. The highest BCUT2D eigenvalue weighted by Gasteiger charge is 2.15. The Labute approximate surface area is 80.7 Å².